The Hall–Kier alpha value is -2.41. The molecule has 2 saturated heterocycles. The number of hydrogen-bond acceptors (Lipinski definition) is 4. The molecular weight excluding hydrogens is 322 g/mol. The summed E-state index contributed by atoms with van der Waals surface area (Å²) in [5.41, 5.74) is 2.55. The van der Waals surface area contributed by atoms with Gasteiger partial charge in [0.25, 0.3) is 5.91 Å². The summed E-state index contributed by atoms with van der Waals surface area (Å²) in [6, 6.07) is 9.19. The molecule has 1 aromatic carbocycles. The van der Waals surface area contributed by atoms with E-state index in [0.717, 1.165) is 10.6 Å². The minimum atomic E-state index is -1.02. The first-order chi connectivity index (χ1) is 12.0. The number of hydrogen-bond donors (Lipinski definition) is 2. The van der Waals surface area contributed by atoms with Gasteiger partial charge in [-0.1, -0.05) is 30.3 Å². The highest BCUT2D eigenvalue weighted by molar-refractivity contribution is 6.07. The first-order valence-corrected chi connectivity index (χ1v) is 8.58. The largest absolute Gasteiger partial charge is 0.381 e. The number of aryl methyl sites for hydroxylation is 1. The zero-order chi connectivity index (χ0) is 17.9. The van der Waals surface area contributed by atoms with Gasteiger partial charge in [-0.25, -0.2) is 4.79 Å². The number of nitrogens with one attached hydrogen (secondary N) is 2. The standard InChI is InChI=1S/C18H23N3O4/c1-18(10-7-13-5-3-2-4-6-13)16(23)21(17(24)19-18)20-15(22)14-8-11-25-12-9-14/h2-6,14H,7-12H2,1H3,(H,19,24)(H,20,22)/t18-/m0/s1. The van der Waals surface area contributed by atoms with Gasteiger partial charge in [-0.2, -0.15) is 5.01 Å². The highest BCUT2D eigenvalue weighted by Gasteiger charge is 2.48. The van der Waals surface area contributed by atoms with Crippen molar-refractivity contribution in [3.05, 3.63) is 35.9 Å². The van der Waals surface area contributed by atoms with E-state index in [1.165, 1.54) is 0 Å². The first-order valence-electron chi connectivity index (χ1n) is 8.58. The monoisotopic (exact) mass is 345 g/mol. The average molecular weight is 345 g/mol. The molecule has 0 bridgehead atoms. The predicted molar refractivity (Wildman–Crippen MR) is 90.2 cm³/mol. The molecule has 4 amide bonds. The molecule has 0 saturated carbocycles. The summed E-state index contributed by atoms with van der Waals surface area (Å²) >= 11 is 0. The van der Waals surface area contributed by atoms with Crippen molar-refractivity contribution in [1.82, 2.24) is 15.8 Å². The highest BCUT2D eigenvalue weighted by atomic mass is 16.5. The minimum absolute atomic E-state index is 0.231. The van der Waals surface area contributed by atoms with Gasteiger partial charge in [0.05, 0.1) is 0 Å². The van der Waals surface area contributed by atoms with Crippen LogP contribution in [0.25, 0.3) is 0 Å². The van der Waals surface area contributed by atoms with Gasteiger partial charge in [-0.3, -0.25) is 15.0 Å². The van der Waals surface area contributed by atoms with Crippen LogP contribution >= 0.6 is 0 Å². The van der Waals surface area contributed by atoms with Gasteiger partial charge >= 0.3 is 6.03 Å². The first kappa shape index (κ1) is 17.4. The van der Waals surface area contributed by atoms with Crippen molar-refractivity contribution in [3.63, 3.8) is 0 Å². The van der Waals surface area contributed by atoms with Gasteiger partial charge in [0.2, 0.25) is 5.91 Å². The summed E-state index contributed by atoms with van der Waals surface area (Å²) in [6.07, 6.45) is 2.32. The van der Waals surface area contributed by atoms with Crippen molar-refractivity contribution < 1.29 is 19.1 Å². The van der Waals surface area contributed by atoms with E-state index in [2.05, 4.69) is 10.7 Å². The van der Waals surface area contributed by atoms with Crippen LogP contribution in [0.5, 0.6) is 0 Å². The van der Waals surface area contributed by atoms with Gasteiger partial charge in [0.15, 0.2) is 0 Å². The van der Waals surface area contributed by atoms with Crippen LogP contribution in [0.4, 0.5) is 4.79 Å². The van der Waals surface area contributed by atoms with Gasteiger partial charge in [-0.15, -0.1) is 0 Å². The van der Waals surface area contributed by atoms with Crippen LogP contribution in [0.2, 0.25) is 0 Å². The number of carbonyl (C=O) groups is 3. The maximum absolute atomic E-state index is 12.7. The lowest BCUT2D eigenvalue weighted by Gasteiger charge is -2.24. The third kappa shape index (κ3) is 3.82. The summed E-state index contributed by atoms with van der Waals surface area (Å²) < 4.78 is 5.23. The molecule has 0 aromatic heterocycles. The molecule has 1 atom stereocenters. The van der Waals surface area contributed by atoms with Gasteiger partial charge < -0.3 is 10.1 Å². The zero-order valence-electron chi connectivity index (χ0n) is 14.3. The second-order valence-electron chi connectivity index (χ2n) is 6.75. The molecule has 0 radical (unpaired) electrons. The Kier molecular flexibility index (Phi) is 5.03. The summed E-state index contributed by atoms with van der Waals surface area (Å²) in [4.78, 5) is 37.2. The van der Waals surface area contributed by atoms with Crippen LogP contribution in [0.1, 0.15) is 31.7 Å². The van der Waals surface area contributed by atoms with Crippen LogP contribution in [0.15, 0.2) is 30.3 Å². The van der Waals surface area contributed by atoms with E-state index >= 15 is 0 Å². The molecule has 2 fully saturated rings. The maximum Gasteiger partial charge on any atom is 0.344 e. The number of nitrogens with zero attached hydrogens (tertiary/aromatic N) is 1. The predicted octanol–water partition coefficient (Wildman–Crippen LogP) is 1.39. The second kappa shape index (κ2) is 7.23. The van der Waals surface area contributed by atoms with E-state index in [0.29, 0.717) is 38.9 Å². The molecule has 0 aliphatic carbocycles. The molecule has 7 nitrogen and oxygen atoms in total. The molecular formula is C18H23N3O4. The number of urea groups is 1. The smallest absolute Gasteiger partial charge is 0.344 e. The third-order valence-corrected chi connectivity index (χ3v) is 4.83. The van der Waals surface area contributed by atoms with Crippen LogP contribution in [0.3, 0.4) is 0 Å². The van der Waals surface area contributed by atoms with E-state index < -0.39 is 17.5 Å². The molecule has 2 aliphatic rings. The quantitative estimate of drug-likeness (QED) is 0.790. The van der Waals surface area contributed by atoms with Crippen molar-refractivity contribution in [2.45, 2.75) is 38.1 Å². The van der Waals surface area contributed by atoms with E-state index in [-0.39, 0.29) is 11.8 Å². The summed E-state index contributed by atoms with van der Waals surface area (Å²) in [5.74, 6) is -0.960. The van der Waals surface area contributed by atoms with Gasteiger partial charge in [-0.05, 0) is 38.2 Å². The van der Waals surface area contributed by atoms with Crippen molar-refractivity contribution in [2.24, 2.45) is 5.92 Å². The van der Waals surface area contributed by atoms with Crippen molar-refractivity contribution in [1.29, 1.82) is 0 Å². The number of imide groups is 1. The Labute approximate surface area is 146 Å². The average Bonchev–Trinajstić information content (AvgIpc) is 2.85. The highest BCUT2D eigenvalue weighted by Crippen LogP contribution is 2.23. The van der Waals surface area contributed by atoms with Crippen molar-refractivity contribution in [3.8, 4) is 0 Å². The Morgan fingerprint density at radius 1 is 1.28 bits per heavy atom. The van der Waals surface area contributed by atoms with Crippen molar-refractivity contribution in [2.75, 3.05) is 13.2 Å². The summed E-state index contributed by atoms with van der Waals surface area (Å²) in [5, 5.41) is 3.53. The zero-order valence-corrected chi connectivity index (χ0v) is 14.3. The lowest BCUT2D eigenvalue weighted by Crippen LogP contribution is -2.51. The fourth-order valence-electron chi connectivity index (χ4n) is 3.16. The lowest BCUT2D eigenvalue weighted by atomic mass is 9.93. The Morgan fingerprint density at radius 3 is 2.64 bits per heavy atom. The molecule has 25 heavy (non-hydrogen) atoms. The lowest BCUT2D eigenvalue weighted by molar-refractivity contribution is -0.141. The topological polar surface area (TPSA) is 87.7 Å². The fourth-order valence-corrected chi connectivity index (χ4v) is 3.16. The van der Waals surface area contributed by atoms with E-state index in [1.807, 2.05) is 30.3 Å². The number of amides is 4. The molecule has 3 rings (SSSR count). The minimum Gasteiger partial charge on any atom is -0.381 e. The molecule has 1 aromatic rings. The van der Waals surface area contributed by atoms with Gasteiger partial charge in [0.1, 0.15) is 5.54 Å². The Bertz CT molecular complexity index is 658. The van der Waals surface area contributed by atoms with Crippen LogP contribution in [-0.4, -0.2) is 41.6 Å². The third-order valence-electron chi connectivity index (χ3n) is 4.83. The molecule has 2 aliphatic heterocycles. The SMILES string of the molecule is C[C@@]1(CCc2ccccc2)NC(=O)N(NC(=O)C2CCOCC2)C1=O. The molecule has 134 valence electrons. The van der Waals surface area contributed by atoms with E-state index in [1.54, 1.807) is 6.92 Å². The van der Waals surface area contributed by atoms with E-state index in [9.17, 15) is 14.4 Å². The van der Waals surface area contributed by atoms with Crippen LogP contribution < -0.4 is 10.7 Å². The molecule has 0 unspecified atom stereocenters. The van der Waals surface area contributed by atoms with Crippen molar-refractivity contribution >= 4 is 17.8 Å². The molecule has 0 spiro atoms. The van der Waals surface area contributed by atoms with Crippen LogP contribution in [-0.2, 0) is 20.7 Å². The number of carbonyl (C=O) groups excluding carboxylic acids is 3. The second-order valence-corrected chi connectivity index (χ2v) is 6.75. The normalized spacial score (nSPS) is 24.3. The number of benzene rings is 1. The number of rotatable bonds is 5. The maximum atomic E-state index is 12.7. The molecule has 7 heteroatoms. The summed E-state index contributed by atoms with van der Waals surface area (Å²) in [6.45, 7) is 2.73. The molecule has 2 heterocycles. The fraction of sp³-hybridized carbons (Fsp3) is 0.500. The van der Waals surface area contributed by atoms with Gasteiger partial charge in [0, 0.05) is 19.1 Å². The number of ether oxygens (including phenoxy) is 1. The Balaban J connectivity index is 1.61. The Morgan fingerprint density at radius 2 is 1.96 bits per heavy atom. The van der Waals surface area contributed by atoms with Crippen LogP contribution in [0, 0.1) is 5.92 Å². The molecule has 2 N–H and O–H groups in total. The number of hydrazine groups is 1. The van der Waals surface area contributed by atoms with E-state index in [4.69, 9.17) is 4.74 Å². The summed E-state index contributed by atoms with van der Waals surface area (Å²) in [7, 11) is 0.